The Morgan fingerprint density at radius 3 is 2.17 bits per heavy atom. The zero-order valence-corrected chi connectivity index (χ0v) is 8.09. The Bertz CT molecular complexity index is 98.0. The smallest absolute Gasteiger partial charge is 0.0844 e. The van der Waals surface area contributed by atoms with Crippen LogP contribution in [-0.4, -0.2) is 12.6 Å². The number of hydrogen-bond acceptors (Lipinski definition) is 2. The van der Waals surface area contributed by atoms with Crippen LogP contribution in [0, 0.1) is 0 Å². The van der Waals surface area contributed by atoms with Gasteiger partial charge >= 0.3 is 0 Å². The quantitative estimate of drug-likeness (QED) is 0.648. The van der Waals surface area contributed by atoms with Crippen molar-refractivity contribution in [2.24, 2.45) is 5.73 Å². The fourth-order valence-corrected chi connectivity index (χ4v) is 1.25. The van der Waals surface area contributed by atoms with E-state index in [9.17, 15) is 0 Å². The second-order valence-electron chi connectivity index (χ2n) is 3.02. The predicted octanol–water partition coefficient (Wildman–Crippen LogP) is 2.44. The normalized spacial score (nSPS) is 17.5. The van der Waals surface area contributed by atoms with Crippen LogP contribution in [0.2, 0.25) is 0 Å². The average molecular weight is 171 g/mol. The third-order valence-electron chi connectivity index (χ3n) is 1.93. The molecule has 2 heteroatoms. The summed E-state index contributed by atoms with van der Waals surface area (Å²) in [6, 6.07) is 0.536. The first-order chi connectivity index (χ1) is 5.81. The summed E-state index contributed by atoms with van der Waals surface area (Å²) in [4.78, 5) is 0. The van der Waals surface area contributed by atoms with E-state index in [1.54, 1.807) is 0 Å². The van der Waals surface area contributed by atoms with E-state index in [1.807, 2.05) is 6.92 Å². The molecule has 0 saturated heterocycles. The molecule has 0 atom stereocenters. The van der Waals surface area contributed by atoms with Crippen molar-refractivity contribution >= 4 is 0 Å². The first-order valence-corrected chi connectivity index (χ1v) is 4.79. The summed E-state index contributed by atoms with van der Waals surface area (Å²) < 4.78 is 4.60. The molecule has 1 fully saturated rings. The maximum Gasteiger partial charge on any atom is 0.0844 e. The van der Waals surface area contributed by atoms with Gasteiger partial charge in [-0.25, -0.2) is 0 Å². The second-order valence-corrected chi connectivity index (χ2v) is 3.02. The first kappa shape index (κ1) is 11.5. The second kappa shape index (κ2) is 8.60. The van der Waals surface area contributed by atoms with E-state index >= 15 is 0 Å². The van der Waals surface area contributed by atoms with E-state index in [0.717, 1.165) is 6.61 Å². The Morgan fingerprint density at radius 2 is 2.00 bits per heavy atom. The van der Waals surface area contributed by atoms with Gasteiger partial charge in [-0.05, 0) is 19.8 Å². The molecule has 0 bridgehead atoms. The number of rotatable bonds is 2. The number of hydrogen-bond donors (Lipinski definition) is 1. The van der Waals surface area contributed by atoms with E-state index in [-0.39, 0.29) is 0 Å². The van der Waals surface area contributed by atoms with Crippen molar-refractivity contribution in [3.63, 3.8) is 0 Å². The number of nitrogens with two attached hydrogens (primary N) is 1. The summed E-state index contributed by atoms with van der Waals surface area (Å²) in [6.45, 7) is 5.97. The maximum atomic E-state index is 5.63. The van der Waals surface area contributed by atoms with Crippen molar-refractivity contribution in [2.75, 3.05) is 6.61 Å². The van der Waals surface area contributed by atoms with Crippen molar-refractivity contribution in [1.29, 1.82) is 0 Å². The molecule has 0 radical (unpaired) electrons. The molecule has 0 heterocycles. The summed E-state index contributed by atoms with van der Waals surface area (Å²) >= 11 is 0. The zero-order chi connectivity index (χ0) is 9.23. The molecule has 0 aromatic heterocycles. The molecule has 2 nitrogen and oxygen atoms in total. The van der Waals surface area contributed by atoms with Gasteiger partial charge in [-0.1, -0.05) is 25.8 Å². The predicted molar refractivity (Wildman–Crippen MR) is 52.9 cm³/mol. The Labute approximate surface area is 75.8 Å². The summed E-state index contributed by atoms with van der Waals surface area (Å²) in [7, 11) is 0. The first-order valence-electron chi connectivity index (χ1n) is 4.79. The Hall–Kier alpha value is -0.500. The van der Waals surface area contributed by atoms with Gasteiger partial charge in [-0.2, -0.15) is 0 Å². The summed E-state index contributed by atoms with van der Waals surface area (Å²) in [6.07, 6.45) is 8.09. The Kier molecular flexibility index (Phi) is 8.24. The van der Waals surface area contributed by atoms with Gasteiger partial charge in [0.15, 0.2) is 0 Å². The van der Waals surface area contributed by atoms with Crippen LogP contribution >= 0.6 is 0 Å². The molecule has 0 amide bonds. The van der Waals surface area contributed by atoms with Gasteiger partial charge in [-0.15, -0.1) is 0 Å². The fraction of sp³-hybridized carbons (Fsp3) is 0.800. The monoisotopic (exact) mass is 171 g/mol. The lowest BCUT2D eigenvalue weighted by molar-refractivity contribution is 0.270. The molecule has 12 heavy (non-hydrogen) atoms. The molecule has 2 N–H and O–H groups in total. The van der Waals surface area contributed by atoms with E-state index < -0.39 is 0 Å². The molecule has 1 aliphatic carbocycles. The van der Waals surface area contributed by atoms with Gasteiger partial charge < -0.3 is 10.5 Å². The summed E-state index contributed by atoms with van der Waals surface area (Å²) in [5.74, 6) is 0. The molecule has 0 aromatic rings. The molecular weight excluding hydrogens is 150 g/mol. The van der Waals surface area contributed by atoms with E-state index in [4.69, 9.17) is 5.73 Å². The third-order valence-corrected chi connectivity index (χ3v) is 1.93. The van der Waals surface area contributed by atoms with Crippen LogP contribution in [0.15, 0.2) is 12.8 Å². The van der Waals surface area contributed by atoms with Crippen molar-refractivity contribution in [3.8, 4) is 0 Å². The molecular formula is C10H21NO. The maximum absolute atomic E-state index is 5.63. The van der Waals surface area contributed by atoms with Crippen LogP contribution in [0.4, 0.5) is 0 Å². The Morgan fingerprint density at radius 1 is 1.42 bits per heavy atom. The van der Waals surface area contributed by atoms with Gasteiger partial charge in [0.25, 0.3) is 0 Å². The van der Waals surface area contributed by atoms with Crippen molar-refractivity contribution in [3.05, 3.63) is 12.8 Å². The highest BCUT2D eigenvalue weighted by atomic mass is 16.5. The molecule has 0 spiro atoms. The minimum atomic E-state index is 0.536. The highest BCUT2D eigenvalue weighted by Gasteiger charge is 2.06. The van der Waals surface area contributed by atoms with Gasteiger partial charge in [0, 0.05) is 6.04 Å². The van der Waals surface area contributed by atoms with Crippen LogP contribution in [-0.2, 0) is 4.74 Å². The molecule has 72 valence electrons. The summed E-state index contributed by atoms with van der Waals surface area (Å²) in [5, 5.41) is 0. The van der Waals surface area contributed by atoms with Gasteiger partial charge in [0.05, 0.1) is 12.9 Å². The van der Waals surface area contributed by atoms with Crippen molar-refractivity contribution in [1.82, 2.24) is 0 Å². The van der Waals surface area contributed by atoms with Gasteiger partial charge in [-0.3, -0.25) is 0 Å². The molecule has 0 unspecified atom stereocenters. The van der Waals surface area contributed by atoms with Gasteiger partial charge in [0.1, 0.15) is 0 Å². The number of ether oxygens (including phenoxy) is 1. The van der Waals surface area contributed by atoms with Crippen LogP contribution in [0.25, 0.3) is 0 Å². The van der Waals surface area contributed by atoms with Gasteiger partial charge in [0.2, 0.25) is 0 Å². The molecule has 0 aliphatic heterocycles. The highest BCUT2D eigenvalue weighted by molar-refractivity contribution is 4.66. The van der Waals surface area contributed by atoms with Crippen LogP contribution < -0.4 is 5.73 Å². The third kappa shape index (κ3) is 7.61. The lowest BCUT2D eigenvalue weighted by Crippen LogP contribution is -2.22. The van der Waals surface area contributed by atoms with Crippen LogP contribution in [0.5, 0.6) is 0 Å². The largest absolute Gasteiger partial charge is 0.502 e. The van der Waals surface area contributed by atoms with Crippen molar-refractivity contribution in [2.45, 2.75) is 45.1 Å². The minimum absolute atomic E-state index is 0.536. The van der Waals surface area contributed by atoms with Crippen molar-refractivity contribution < 1.29 is 4.74 Å². The van der Waals surface area contributed by atoms with E-state index in [2.05, 4.69) is 11.3 Å². The van der Waals surface area contributed by atoms with Crippen LogP contribution in [0.3, 0.4) is 0 Å². The van der Waals surface area contributed by atoms with E-state index in [1.165, 1.54) is 38.4 Å². The molecule has 1 rings (SSSR count). The fourth-order valence-electron chi connectivity index (χ4n) is 1.25. The zero-order valence-electron chi connectivity index (χ0n) is 8.09. The summed E-state index contributed by atoms with van der Waals surface area (Å²) in [5.41, 5.74) is 5.63. The Balaban J connectivity index is 0.000000217. The lowest BCUT2D eigenvalue weighted by Gasteiger charge is -2.15. The highest BCUT2D eigenvalue weighted by Crippen LogP contribution is 2.14. The lowest BCUT2D eigenvalue weighted by atomic mass is 9.97. The standard InChI is InChI=1S/C6H13N.C4H8O/c7-6-4-2-1-3-5-6;1-3-5-4-2/h6H,1-5,7H2;3H,1,4H2,2H3. The minimum Gasteiger partial charge on any atom is -0.502 e. The topological polar surface area (TPSA) is 35.2 Å². The average Bonchev–Trinajstić information content (AvgIpc) is 2.08. The van der Waals surface area contributed by atoms with Crippen LogP contribution in [0.1, 0.15) is 39.0 Å². The van der Waals surface area contributed by atoms with E-state index in [0.29, 0.717) is 6.04 Å². The molecule has 0 aromatic carbocycles. The SMILES string of the molecule is C=COCC.NC1CCCCC1. The molecule has 1 aliphatic rings. The molecule has 1 saturated carbocycles.